The number of fused-ring (bicyclic) bond motifs is 1. The Hall–Kier alpha value is -0.820. The number of hydrogen-bond acceptors (Lipinski definition) is 1. The first kappa shape index (κ1) is 10.7. The molecule has 0 aromatic heterocycles. The van der Waals surface area contributed by atoms with Crippen molar-refractivity contribution in [3.8, 4) is 0 Å². The van der Waals surface area contributed by atoms with Crippen molar-refractivity contribution in [1.82, 2.24) is 0 Å². The largest absolute Gasteiger partial charge is 0.294 e. The summed E-state index contributed by atoms with van der Waals surface area (Å²) in [7, 11) is 0. The molecule has 0 bridgehead atoms. The molecule has 0 heterocycles. The number of halogens is 1. The van der Waals surface area contributed by atoms with Gasteiger partial charge in [-0.1, -0.05) is 31.4 Å². The van der Waals surface area contributed by atoms with Crippen LogP contribution in [0.15, 0.2) is 18.2 Å². The summed E-state index contributed by atoms with van der Waals surface area (Å²) in [6.07, 6.45) is 4.19. The van der Waals surface area contributed by atoms with E-state index in [0.717, 1.165) is 41.8 Å². The van der Waals surface area contributed by atoms with Gasteiger partial charge in [0.15, 0.2) is 5.78 Å². The Labute approximate surface area is 95.4 Å². The molecule has 1 aliphatic carbocycles. The molecular formula is C13H15ClO. The van der Waals surface area contributed by atoms with Crippen molar-refractivity contribution in [3.05, 3.63) is 34.3 Å². The predicted molar refractivity (Wildman–Crippen MR) is 62.5 cm³/mol. The van der Waals surface area contributed by atoms with Gasteiger partial charge < -0.3 is 0 Å². The number of benzene rings is 1. The lowest BCUT2D eigenvalue weighted by Gasteiger charge is -2.05. The molecule has 0 amide bonds. The second kappa shape index (κ2) is 4.36. The minimum Gasteiger partial charge on any atom is -0.294 e. The zero-order chi connectivity index (χ0) is 10.8. The van der Waals surface area contributed by atoms with Gasteiger partial charge in [-0.25, -0.2) is 0 Å². The van der Waals surface area contributed by atoms with Crippen LogP contribution in [0.1, 0.15) is 42.1 Å². The second-order valence-electron chi connectivity index (χ2n) is 4.21. The Morgan fingerprint density at radius 2 is 2.27 bits per heavy atom. The van der Waals surface area contributed by atoms with Crippen molar-refractivity contribution < 1.29 is 4.79 Å². The van der Waals surface area contributed by atoms with E-state index in [1.54, 1.807) is 6.07 Å². The van der Waals surface area contributed by atoms with Crippen molar-refractivity contribution in [1.29, 1.82) is 0 Å². The number of hydrogen-bond donors (Lipinski definition) is 0. The van der Waals surface area contributed by atoms with Crippen LogP contribution in [0.3, 0.4) is 0 Å². The molecule has 0 radical (unpaired) electrons. The summed E-state index contributed by atoms with van der Waals surface area (Å²) in [6.45, 7) is 2.16. The molecule has 0 spiro atoms. The monoisotopic (exact) mass is 222 g/mol. The van der Waals surface area contributed by atoms with Gasteiger partial charge >= 0.3 is 0 Å². The summed E-state index contributed by atoms with van der Waals surface area (Å²) >= 11 is 5.91. The van der Waals surface area contributed by atoms with Crippen molar-refractivity contribution in [2.75, 3.05) is 0 Å². The molecule has 1 nitrogen and oxygen atoms in total. The summed E-state index contributed by atoms with van der Waals surface area (Å²) in [5, 5.41) is 0.734. The third-order valence-corrected chi connectivity index (χ3v) is 3.31. The van der Waals surface area contributed by atoms with E-state index in [4.69, 9.17) is 11.6 Å². The summed E-state index contributed by atoms with van der Waals surface area (Å²) < 4.78 is 0. The highest BCUT2D eigenvalue weighted by molar-refractivity contribution is 6.30. The number of carbonyl (C=O) groups is 1. The number of unbranched alkanes of at least 4 members (excludes halogenated alkanes) is 1. The topological polar surface area (TPSA) is 17.1 Å². The second-order valence-corrected chi connectivity index (χ2v) is 4.65. The lowest BCUT2D eigenvalue weighted by Crippen LogP contribution is -2.08. The average molecular weight is 223 g/mol. The van der Waals surface area contributed by atoms with Crippen LogP contribution in [0.5, 0.6) is 0 Å². The van der Waals surface area contributed by atoms with E-state index in [-0.39, 0.29) is 5.92 Å². The van der Waals surface area contributed by atoms with Gasteiger partial charge in [0.05, 0.1) is 0 Å². The fraction of sp³-hybridized carbons (Fsp3) is 0.462. The van der Waals surface area contributed by atoms with Crippen LogP contribution in [-0.4, -0.2) is 5.78 Å². The molecule has 0 aliphatic heterocycles. The molecule has 0 fully saturated rings. The predicted octanol–water partition coefficient (Wildman–Crippen LogP) is 3.89. The Balaban J connectivity index is 2.18. The third kappa shape index (κ3) is 2.07. The summed E-state index contributed by atoms with van der Waals surface area (Å²) in [4.78, 5) is 12.0. The van der Waals surface area contributed by atoms with E-state index in [0.29, 0.717) is 5.78 Å². The molecule has 1 aromatic rings. The normalized spacial score (nSPS) is 19.3. The van der Waals surface area contributed by atoms with Crippen molar-refractivity contribution in [2.45, 2.75) is 32.6 Å². The van der Waals surface area contributed by atoms with E-state index in [1.807, 2.05) is 12.1 Å². The van der Waals surface area contributed by atoms with Gasteiger partial charge in [0.25, 0.3) is 0 Å². The van der Waals surface area contributed by atoms with Crippen LogP contribution in [0.25, 0.3) is 0 Å². The first-order valence-corrected chi connectivity index (χ1v) is 5.92. The first-order valence-electron chi connectivity index (χ1n) is 5.55. The Bertz CT molecular complexity index is 384. The lowest BCUT2D eigenvalue weighted by molar-refractivity contribution is 0.0929. The van der Waals surface area contributed by atoms with Gasteiger partial charge in [0, 0.05) is 16.5 Å². The third-order valence-electron chi connectivity index (χ3n) is 3.08. The van der Waals surface area contributed by atoms with Crippen LogP contribution >= 0.6 is 11.6 Å². The first-order chi connectivity index (χ1) is 7.22. The molecule has 0 saturated heterocycles. The highest BCUT2D eigenvalue weighted by Gasteiger charge is 2.29. The summed E-state index contributed by atoms with van der Waals surface area (Å²) in [5.74, 6) is 0.522. The molecule has 0 N–H and O–H groups in total. The van der Waals surface area contributed by atoms with Gasteiger partial charge in [0.1, 0.15) is 0 Å². The highest BCUT2D eigenvalue weighted by atomic mass is 35.5. The number of rotatable bonds is 3. The van der Waals surface area contributed by atoms with E-state index in [1.165, 1.54) is 0 Å². The molecule has 2 rings (SSSR count). The van der Waals surface area contributed by atoms with Gasteiger partial charge in [-0.15, -0.1) is 0 Å². The minimum absolute atomic E-state index is 0.207. The number of Topliss-reactive ketones (excluding diaryl/α,β-unsaturated/α-hetero) is 1. The van der Waals surface area contributed by atoms with Crippen LogP contribution in [0.4, 0.5) is 0 Å². The molecular weight excluding hydrogens is 208 g/mol. The molecule has 1 atom stereocenters. The van der Waals surface area contributed by atoms with Gasteiger partial charge in [-0.05, 0) is 36.6 Å². The summed E-state index contributed by atoms with van der Waals surface area (Å²) in [6, 6.07) is 5.60. The van der Waals surface area contributed by atoms with E-state index in [9.17, 15) is 4.79 Å². The molecule has 1 unspecified atom stereocenters. The van der Waals surface area contributed by atoms with Crippen molar-refractivity contribution in [2.24, 2.45) is 5.92 Å². The fourth-order valence-electron chi connectivity index (χ4n) is 2.23. The Morgan fingerprint density at radius 1 is 1.47 bits per heavy atom. The maximum Gasteiger partial charge on any atom is 0.166 e. The van der Waals surface area contributed by atoms with Crippen LogP contribution in [0, 0.1) is 5.92 Å². The van der Waals surface area contributed by atoms with E-state index in [2.05, 4.69) is 6.92 Å². The number of ketones is 1. The van der Waals surface area contributed by atoms with Gasteiger partial charge in [0.2, 0.25) is 0 Å². The molecule has 1 aromatic carbocycles. The molecule has 15 heavy (non-hydrogen) atoms. The Morgan fingerprint density at radius 3 is 3.00 bits per heavy atom. The van der Waals surface area contributed by atoms with Crippen LogP contribution < -0.4 is 0 Å². The maximum atomic E-state index is 12.0. The standard InChI is InChI=1S/C13H15ClO/c1-2-3-4-9-7-10-8-11(14)5-6-12(10)13(9)15/h5-6,8-9H,2-4,7H2,1H3. The number of carbonyl (C=O) groups excluding carboxylic acids is 1. The van der Waals surface area contributed by atoms with Gasteiger partial charge in [-0.3, -0.25) is 4.79 Å². The lowest BCUT2D eigenvalue weighted by atomic mass is 9.98. The van der Waals surface area contributed by atoms with Crippen molar-refractivity contribution in [3.63, 3.8) is 0 Å². The SMILES string of the molecule is CCCCC1Cc2cc(Cl)ccc2C1=O. The quantitative estimate of drug-likeness (QED) is 0.759. The zero-order valence-corrected chi connectivity index (χ0v) is 9.68. The van der Waals surface area contributed by atoms with Crippen LogP contribution in [0.2, 0.25) is 5.02 Å². The smallest absolute Gasteiger partial charge is 0.166 e. The highest BCUT2D eigenvalue weighted by Crippen LogP contribution is 2.31. The Kier molecular flexibility index (Phi) is 3.11. The molecule has 2 heteroatoms. The van der Waals surface area contributed by atoms with Crippen molar-refractivity contribution >= 4 is 17.4 Å². The summed E-state index contributed by atoms with van der Waals surface area (Å²) in [5.41, 5.74) is 2.02. The van der Waals surface area contributed by atoms with E-state index < -0.39 is 0 Å². The zero-order valence-electron chi connectivity index (χ0n) is 8.92. The molecule has 0 saturated carbocycles. The van der Waals surface area contributed by atoms with Crippen LogP contribution in [-0.2, 0) is 6.42 Å². The van der Waals surface area contributed by atoms with Gasteiger partial charge in [-0.2, -0.15) is 0 Å². The molecule has 1 aliphatic rings. The molecule has 80 valence electrons. The minimum atomic E-state index is 0.207. The van der Waals surface area contributed by atoms with E-state index >= 15 is 0 Å². The fourth-order valence-corrected chi connectivity index (χ4v) is 2.43. The maximum absolute atomic E-state index is 12.0. The average Bonchev–Trinajstić information content (AvgIpc) is 2.52.